The second-order valence-corrected chi connectivity index (χ2v) is 6.48. The summed E-state index contributed by atoms with van der Waals surface area (Å²) in [5.74, 6) is -0.936. The van der Waals surface area contributed by atoms with Crippen LogP contribution in [0.3, 0.4) is 0 Å². The van der Waals surface area contributed by atoms with Gasteiger partial charge in [-0.1, -0.05) is 18.2 Å². The third-order valence-corrected chi connectivity index (χ3v) is 4.03. The molecule has 0 saturated heterocycles. The molecule has 0 spiro atoms. The van der Waals surface area contributed by atoms with Crippen molar-refractivity contribution in [1.82, 2.24) is 0 Å². The number of carboxylic acids is 1. The summed E-state index contributed by atoms with van der Waals surface area (Å²) in [4.78, 5) is 24.0. The molecule has 0 radical (unpaired) electrons. The smallest absolute Gasteiger partial charge is 0.339 e. The van der Waals surface area contributed by atoms with E-state index in [0.29, 0.717) is 11.4 Å². The zero-order valence-electron chi connectivity index (χ0n) is 14.3. The zero-order valence-corrected chi connectivity index (χ0v) is 14.3. The third kappa shape index (κ3) is 3.15. The minimum absolute atomic E-state index is 0.0290. The Labute approximate surface area is 145 Å². The fourth-order valence-corrected chi connectivity index (χ4v) is 3.01. The second-order valence-electron chi connectivity index (χ2n) is 6.48. The highest BCUT2D eigenvalue weighted by Crippen LogP contribution is 2.40. The number of methoxy groups -OCH3 is 1. The molecule has 1 heterocycles. The van der Waals surface area contributed by atoms with E-state index in [2.05, 4.69) is 5.32 Å². The molecule has 0 fully saturated rings. The first kappa shape index (κ1) is 16.8. The number of nitrogens with one attached hydrogen (secondary N) is 1. The molecule has 0 saturated carbocycles. The minimum Gasteiger partial charge on any atom is -0.495 e. The van der Waals surface area contributed by atoms with Crippen molar-refractivity contribution in [2.24, 2.45) is 0 Å². The average Bonchev–Trinajstić information content (AvgIpc) is 2.88. The monoisotopic (exact) mass is 341 g/mol. The first-order valence-corrected chi connectivity index (χ1v) is 7.85. The van der Waals surface area contributed by atoms with Gasteiger partial charge in [-0.05, 0) is 32.0 Å². The summed E-state index contributed by atoms with van der Waals surface area (Å²) in [7, 11) is 1.34. The number of carbonyl (C=O) groups excluding carboxylic acids is 1. The fourth-order valence-electron chi connectivity index (χ4n) is 3.01. The number of benzene rings is 2. The fraction of sp³-hybridized carbons (Fsp3) is 0.263. The maximum absolute atomic E-state index is 12.7. The Morgan fingerprint density at radius 2 is 1.84 bits per heavy atom. The van der Waals surface area contributed by atoms with Gasteiger partial charge in [0.2, 0.25) is 0 Å². The molecule has 0 unspecified atom stereocenters. The van der Waals surface area contributed by atoms with Crippen molar-refractivity contribution >= 4 is 17.6 Å². The van der Waals surface area contributed by atoms with Crippen molar-refractivity contribution in [3.63, 3.8) is 0 Å². The molecule has 25 heavy (non-hydrogen) atoms. The molecule has 130 valence electrons. The second kappa shape index (κ2) is 6.12. The summed E-state index contributed by atoms with van der Waals surface area (Å²) >= 11 is 0. The molecule has 6 heteroatoms. The van der Waals surface area contributed by atoms with Gasteiger partial charge in [0, 0.05) is 12.0 Å². The molecule has 0 aliphatic carbocycles. The lowest BCUT2D eigenvalue weighted by molar-refractivity contribution is 0.0693. The average molecular weight is 341 g/mol. The first-order valence-electron chi connectivity index (χ1n) is 7.85. The predicted octanol–water partition coefficient (Wildman–Crippen LogP) is 3.36. The van der Waals surface area contributed by atoms with Crippen LogP contribution in [0.4, 0.5) is 5.69 Å². The maximum atomic E-state index is 12.7. The Bertz CT molecular complexity index is 857. The van der Waals surface area contributed by atoms with Gasteiger partial charge < -0.3 is 19.9 Å². The highest BCUT2D eigenvalue weighted by Gasteiger charge is 2.32. The summed E-state index contributed by atoms with van der Waals surface area (Å²) in [5.41, 5.74) is 1.33. The van der Waals surface area contributed by atoms with Crippen LogP contribution in [0.15, 0.2) is 36.4 Å². The molecule has 2 N–H and O–H groups in total. The van der Waals surface area contributed by atoms with E-state index < -0.39 is 11.9 Å². The van der Waals surface area contributed by atoms with Gasteiger partial charge in [0.1, 0.15) is 22.7 Å². The Kier molecular flexibility index (Phi) is 4.12. The Hall–Kier alpha value is -3.02. The quantitative estimate of drug-likeness (QED) is 0.891. The summed E-state index contributed by atoms with van der Waals surface area (Å²) < 4.78 is 11.1. The normalized spacial score (nSPS) is 14.4. The van der Waals surface area contributed by atoms with Crippen molar-refractivity contribution in [2.75, 3.05) is 12.4 Å². The highest BCUT2D eigenvalue weighted by molar-refractivity contribution is 6.09. The van der Waals surface area contributed by atoms with Crippen LogP contribution in [-0.4, -0.2) is 29.7 Å². The van der Waals surface area contributed by atoms with E-state index in [4.69, 9.17) is 9.47 Å². The lowest BCUT2D eigenvalue weighted by Crippen LogP contribution is -2.25. The van der Waals surface area contributed by atoms with Gasteiger partial charge in [-0.3, -0.25) is 4.79 Å². The summed E-state index contributed by atoms with van der Waals surface area (Å²) in [6.45, 7) is 3.97. The van der Waals surface area contributed by atoms with Crippen molar-refractivity contribution in [1.29, 1.82) is 0 Å². The Balaban J connectivity index is 1.94. The van der Waals surface area contributed by atoms with E-state index in [9.17, 15) is 14.7 Å². The van der Waals surface area contributed by atoms with Gasteiger partial charge in [-0.15, -0.1) is 0 Å². The van der Waals surface area contributed by atoms with Crippen molar-refractivity contribution < 1.29 is 24.2 Å². The number of ether oxygens (including phenoxy) is 2. The molecule has 3 rings (SSSR count). The van der Waals surface area contributed by atoms with Crippen LogP contribution < -0.4 is 14.8 Å². The molecule has 0 aromatic heterocycles. The minimum atomic E-state index is -1.16. The number of anilines is 1. The van der Waals surface area contributed by atoms with Gasteiger partial charge in [-0.25, -0.2) is 4.79 Å². The van der Waals surface area contributed by atoms with E-state index in [0.717, 1.165) is 12.0 Å². The SMILES string of the molecule is COc1c(C(=O)O)cccc1C(=O)Nc1cccc2c1OC(C)(C)C2. The van der Waals surface area contributed by atoms with Crippen LogP contribution in [0.1, 0.15) is 40.1 Å². The summed E-state index contributed by atoms with van der Waals surface area (Å²) in [6, 6.07) is 10.00. The van der Waals surface area contributed by atoms with E-state index >= 15 is 0 Å². The molecule has 1 aliphatic rings. The van der Waals surface area contributed by atoms with E-state index in [-0.39, 0.29) is 22.5 Å². The molecule has 1 amide bonds. The van der Waals surface area contributed by atoms with Crippen LogP contribution in [0, 0.1) is 0 Å². The molecular weight excluding hydrogens is 322 g/mol. The number of hydrogen-bond acceptors (Lipinski definition) is 4. The largest absolute Gasteiger partial charge is 0.495 e. The molecular formula is C19H19NO5. The Morgan fingerprint density at radius 1 is 1.16 bits per heavy atom. The number of hydrogen-bond donors (Lipinski definition) is 2. The van der Waals surface area contributed by atoms with Gasteiger partial charge >= 0.3 is 5.97 Å². The third-order valence-electron chi connectivity index (χ3n) is 4.03. The number of rotatable bonds is 4. The molecule has 2 aromatic carbocycles. The van der Waals surface area contributed by atoms with E-state index in [1.807, 2.05) is 26.0 Å². The lowest BCUT2D eigenvalue weighted by atomic mass is 10.0. The van der Waals surface area contributed by atoms with Crippen LogP contribution in [0.5, 0.6) is 11.5 Å². The number of fused-ring (bicyclic) bond motifs is 1. The first-order chi connectivity index (χ1) is 11.8. The van der Waals surface area contributed by atoms with Gasteiger partial charge in [0.15, 0.2) is 0 Å². The standard InChI is InChI=1S/C19H19NO5/c1-19(2)10-11-6-4-9-14(15(11)25-19)20-17(21)12-7-5-8-13(18(22)23)16(12)24-3/h4-9H,10H2,1-3H3,(H,20,21)(H,22,23). The van der Waals surface area contributed by atoms with Gasteiger partial charge in [0.25, 0.3) is 5.91 Å². The molecule has 0 atom stereocenters. The van der Waals surface area contributed by atoms with Crippen LogP contribution >= 0.6 is 0 Å². The number of amides is 1. The van der Waals surface area contributed by atoms with Gasteiger partial charge in [0.05, 0.1) is 18.4 Å². The number of carbonyl (C=O) groups is 2. The topological polar surface area (TPSA) is 84.9 Å². The highest BCUT2D eigenvalue weighted by atomic mass is 16.5. The molecule has 1 aliphatic heterocycles. The number of aromatic carboxylic acids is 1. The maximum Gasteiger partial charge on any atom is 0.339 e. The molecule has 0 bridgehead atoms. The van der Waals surface area contributed by atoms with Crippen LogP contribution in [0.2, 0.25) is 0 Å². The summed E-state index contributed by atoms with van der Waals surface area (Å²) in [6.07, 6.45) is 0.754. The van der Waals surface area contributed by atoms with Crippen molar-refractivity contribution in [3.8, 4) is 11.5 Å². The number of carboxylic acid groups (broad SMARTS) is 1. The van der Waals surface area contributed by atoms with E-state index in [1.54, 1.807) is 6.07 Å². The lowest BCUT2D eigenvalue weighted by Gasteiger charge is -2.18. The van der Waals surface area contributed by atoms with E-state index in [1.165, 1.54) is 25.3 Å². The summed E-state index contributed by atoms with van der Waals surface area (Å²) in [5, 5.41) is 12.0. The zero-order chi connectivity index (χ0) is 18.2. The van der Waals surface area contributed by atoms with Crippen molar-refractivity contribution in [3.05, 3.63) is 53.1 Å². The number of para-hydroxylation sites is 2. The van der Waals surface area contributed by atoms with Crippen LogP contribution in [-0.2, 0) is 6.42 Å². The van der Waals surface area contributed by atoms with Crippen molar-refractivity contribution in [2.45, 2.75) is 25.9 Å². The molecule has 6 nitrogen and oxygen atoms in total. The van der Waals surface area contributed by atoms with Gasteiger partial charge in [-0.2, -0.15) is 0 Å². The van der Waals surface area contributed by atoms with Crippen LogP contribution in [0.25, 0.3) is 0 Å². The predicted molar refractivity (Wildman–Crippen MR) is 92.8 cm³/mol. The Morgan fingerprint density at radius 3 is 2.52 bits per heavy atom. The molecule has 2 aromatic rings.